The van der Waals surface area contributed by atoms with Gasteiger partial charge in [-0.2, -0.15) is 0 Å². The summed E-state index contributed by atoms with van der Waals surface area (Å²) in [6, 6.07) is 9.45. The van der Waals surface area contributed by atoms with Crippen LogP contribution in [0.4, 0.5) is 0 Å². The fourth-order valence-electron chi connectivity index (χ4n) is 3.42. The van der Waals surface area contributed by atoms with Crippen LogP contribution in [0, 0.1) is 5.92 Å². The summed E-state index contributed by atoms with van der Waals surface area (Å²) in [6.07, 6.45) is 2.79. The van der Waals surface area contributed by atoms with Gasteiger partial charge >= 0.3 is 0 Å². The Labute approximate surface area is 129 Å². The minimum Gasteiger partial charge on any atom is -0.491 e. The minimum atomic E-state index is 0.220. The predicted molar refractivity (Wildman–Crippen MR) is 88.6 cm³/mol. The fraction of sp³-hybridized carbons (Fsp3) is 0.667. The van der Waals surface area contributed by atoms with Crippen LogP contribution in [0.2, 0.25) is 0 Å². The van der Waals surface area contributed by atoms with Crippen LogP contribution in [0.3, 0.4) is 0 Å². The first kappa shape index (κ1) is 16.3. The second kappa shape index (κ2) is 7.28. The summed E-state index contributed by atoms with van der Waals surface area (Å²) in [6.45, 7) is 10.6. The van der Waals surface area contributed by atoms with Crippen LogP contribution in [0.25, 0.3) is 0 Å². The zero-order valence-corrected chi connectivity index (χ0v) is 13.9. The lowest BCUT2D eigenvalue weighted by molar-refractivity contribution is 0.0689. The lowest BCUT2D eigenvalue weighted by Gasteiger charge is -2.43. The van der Waals surface area contributed by atoms with E-state index in [0.717, 1.165) is 18.8 Å². The van der Waals surface area contributed by atoms with Crippen LogP contribution >= 0.6 is 0 Å². The molecule has 0 aliphatic carbocycles. The lowest BCUT2D eigenvalue weighted by Crippen LogP contribution is -2.49. The first-order chi connectivity index (χ1) is 10.0. The molecule has 1 aromatic rings. The van der Waals surface area contributed by atoms with Crippen LogP contribution in [0.15, 0.2) is 24.3 Å². The average Bonchev–Trinajstić information content (AvgIpc) is 2.46. The number of nitrogens with two attached hydrogens (primary N) is 1. The highest BCUT2D eigenvalue weighted by molar-refractivity contribution is 5.29. The van der Waals surface area contributed by atoms with E-state index in [4.69, 9.17) is 10.5 Å². The van der Waals surface area contributed by atoms with Gasteiger partial charge in [0.25, 0.3) is 0 Å². The molecule has 0 spiro atoms. The van der Waals surface area contributed by atoms with Crippen molar-refractivity contribution in [3.8, 4) is 5.75 Å². The maximum Gasteiger partial charge on any atom is 0.119 e. The molecule has 1 aromatic carbocycles. The van der Waals surface area contributed by atoms with Gasteiger partial charge in [0.05, 0.1) is 6.10 Å². The van der Waals surface area contributed by atoms with Crippen molar-refractivity contribution in [2.45, 2.75) is 58.7 Å². The van der Waals surface area contributed by atoms with E-state index in [1.165, 1.54) is 18.4 Å². The van der Waals surface area contributed by atoms with E-state index < -0.39 is 0 Å². The molecule has 0 radical (unpaired) electrons. The van der Waals surface area contributed by atoms with Crippen molar-refractivity contribution in [1.82, 2.24) is 4.90 Å². The monoisotopic (exact) mass is 290 g/mol. The molecule has 1 saturated heterocycles. The second-order valence-electron chi connectivity index (χ2n) is 6.57. The zero-order valence-electron chi connectivity index (χ0n) is 13.9. The van der Waals surface area contributed by atoms with Crippen molar-refractivity contribution in [3.05, 3.63) is 29.8 Å². The van der Waals surface area contributed by atoms with E-state index in [1.54, 1.807) is 0 Å². The molecule has 2 N–H and O–H groups in total. The first-order valence-corrected chi connectivity index (χ1v) is 8.25. The van der Waals surface area contributed by atoms with Crippen molar-refractivity contribution in [2.24, 2.45) is 11.7 Å². The highest BCUT2D eigenvalue weighted by atomic mass is 16.5. The van der Waals surface area contributed by atoms with Crippen LogP contribution in [0.1, 0.15) is 52.1 Å². The molecular weight excluding hydrogens is 260 g/mol. The summed E-state index contributed by atoms with van der Waals surface area (Å²) in [4.78, 5) is 2.58. The van der Waals surface area contributed by atoms with E-state index in [1.807, 2.05) is 0 Å². The van der Waals surface area contributed by atoms with Gasteiger partial charge in [0.15, 0.2) is 0 Å². The molecule has 1 fully saturated rings. The maximum absolute atomic E-state index is 6.02. The maximum atomic E-state index is 6.02. The molecular formula is C18H30N2O. The van der Waals surface area contributed by atoms with Crippen molar-refractivity contribution in [1.29, 1.82) is 0 Å². The molecule has 3 nitrogen and oxygen atoms in total. The first-order valence-electron chi connectivity index (χ1n) is 8.25. The summed E-state index contributed by atoms with van der Waals surface area (Å²) in [7, 11) is 0. The summed E-state index contributed by atoms with van der Waals surface area (Å²) >= 11 is 0. The molecule has 0 aromatic heterocycles. The molecule has 1 aliphatic rings. The number of hydrogen-bond acceptors (Lipinski definition) is 3. The Bertz CT molecular complexity index is 429. The van der Waals surface area contributed by atoms with Crippen LogP contribution < -0.4 is 10.5 Å². The molecule has 3 unspecified atom stereocenters. The van der Waals surface area contributed by atoms with Crippen molar-refractivity contribution in [3.63, 3.8) is 0 Å². The van der Waals surface area contributed by atoms with E-state index in [9.17, 15) is 0 Å². The third kappa shape index (κ3) is 3.98. The highest BCUT2D eigenvalue weighted by Gasteiger charge is 2.30. The molecule has 1 aliphatic heterocycles. The average molecular weight is 290 g/mol. The zero-order chi connectivity index (χ0) is 15.4. The van der Waals surface area contributed by atoms with Gasteiger partial charge in [-0.1, -0.05) is 19.1 Å². The molecule has 3 heteroatoms. The van der Waals surface area contributed by atoms with Gasteiger partial charge < -0.3 is 10.5 Å². The Hall–Kier alpha value is -1.06. The Morgan fingerprint density at radius 1 is 1.24 bits per heavy atom. The van der Waals surface area contributed by atoms with Crippen molar-refractivity contribution in [2.75, 3.05) is 13.1 Å². The van der Waals surface area contributed by atoms with Gasteiger partial charge in [-0.25, -0.2) is 0 Å². The third-order valence-corrected chi connectivity index (χ3v) is 4.63. The highest BCUT2D eigenvalue weighted by Crippen LogP contribution is 2.31. The van der Waals surface area contributed by atoms with E-state index in [2.05, 4.69) is 56.9 Å². The third-order valence-electron chi connectivity index (χ3n) is 4.63. The van der Waals surface area contributed by atoms with Crippen LogP contribution in [-0.2, 0) is 0 Å². The van der Waals surface area contributed by atoms with Crippen LogP contribution in [-0.4, -0.2) is 30.1 Å². The van der Waals surface area contributed by atoms with Gasteiger partial charge in [0, 0.05) is 18.6 Å². The summed E-state index contributed by atoms with van der Waals surface area (Å²) < 4.78 is 5.72. The normalized spacial score (nSPS) is 25.0. The van der Waals surface area contributed by atoms with E-state index >= 15 is 0 Å². The fourth-order valence-corrected chi connectivity index (χ4v) is 3.42. The van der Waals surface area contributed by atoms with Gasteiger partial charge in [-0.15, -0.1) is 0 Å². The van der Waals surface area contributed by atoms with Crippen molar-refractivity contribution < 1.29 is 4.74 Å². The Morgan fingerprint density at radius 2 is 1.90 bits per heavy atom. The topological polar surface area (TPSA) is 38.5 Å². The standard InChI is InChI=1S/C18H30N2O/c1-13(2)21-17-9-7-16(8-10-17)15(4)20-11-5-6-14(3)18(20)12-19/h7-10,13-15,18H,5-6,11-12,19H2,1-4H3. The molecule has 1 heterocycles. The number of rotatable bonds is 5. The number of ether oxygens (including phenoxy) is 1. The lowest BCUT2D eigenvalue weighted by atomic mass is 9.88. The smallest absolute Gasteiger partial charge is 0.119 e. The SMILES string of the molecule is CC(C)Oc1ccc(C(C)N2CCCC(C)C2CN)cc1. The van der Waals surface area contributed by atoms with E-state index in [0.29, 0.717) is 18.0 Å². The quantitative estimate of drug-likeness (QED) is 0.900. The minimum absolute atomic E-state index is 0.220. The second-order valence-corrected chi connectivity index (χ2v) is 6.57. The Kier molecular flexibility index (Phi) is 5.65. The van der Waals surface area contributed by atoms with Gasteiger partial charge in [0.1, 0.15) is 5.75 Å². The molecule has 0 bridgehead atoms. The Morgan fingerprint density at radius 3 is 2.48 bits per heavy atom. The van der Waals surface area contributed by atoms with Gasteiger partial charge in [-0.05, 0) is 63.8 Å². The number of likely N-dealkylation sites (tertiary alicyclic amines) is 1. The number of hydrogen-bond donors (Lipinski definition) is 1. The molecule has 2 rings (SSSR count). The molecule has 3 atom stereocenters. The summed E-state index contributed by atoms with van der Waals surface area (Å²) in [5, 5.41) is 0. The number of benzene rings is 1. The number of nitrogens with zero attached hydrogens (tertiary/aromatic N) is 1. The summed E-state index contributed by atoms with van der Waals surface area (Å²) in [5.74, 6) is 1.64. The largest absolute Gasteiger partial charge is 0.491 e. The molecule has 118 valence electrons. The Balaban J connectivity index is 2.09. The predicted octanol–water partition coefficient (Wildman–Crippen LogP) is 3.59. The summed E-state index contributed by atoms with van der Waals surface area (Å²) in [5.41, 5.74) is 7.36. The van der Waals surface area contributed by atoms with Gasteiger partial charge in [-0.3, -0.25) is 4.90 Å². The molecule has 21 heavy (non-hydrogen) atoms. The van der Waals surface area contributed by atoms with Crippen LogP contribution in [0.5, 0.6) is 5.75 Å². The number of piperidine rings is 1. The molecule has 0 amide bonds. The van der Waals surface area contributed by atoms with E-state index in [-0.39, 0.29) is 6.10 Å². The molecule has 0 saturated carbocycles. The van der Waals surface area contributed by atoms with Gasteiger partial charge in [0.2, 0.25) is 0 Å². The van der Waals surface area contributed by atoms with Crippen molar-refractivity contribution >= 4 is 0 Å².